The van der Waals surface area contributed by atoms with Gasteiger partial charge in [-0.05, 0) is 17.7 Å². The summed E-state index contributed by atoms with van der Waals surface area (Å²) in [5.41, 5.74) is 2.78. The summed E-state index contributed by atoms with van der Waals surface area (Å²) in [7, 11) is 3.96. The third-order valence-corrected chi connectivity index (χ3v) is 3.55. The first kappa shape index (κ1) is 17.7. The molecule has 0 atom stereocenters. The fourth-order valence-corrected chi connectivity index (χ4v) is 2.19. The molecule has 0 aliphatic carbocycles. The number of anilines is 1. The second-order valence-electron chi connectivity index (χ2n) is 4.89. The highest BCUT2D eigenvalue weighted by Crippen LogP contribution is 2.36. The average molecular weight is 370 g/mol. The zero-order chi connectivity index (χ0) is 17.0. The summed E-state index contributed by atoms with van der Waals surface area (Å²) in [4.78, 5) is 14.4. The van der Waals surface area contributed by atoms with Crippen molar-refractivity contribution in [3.05, 3.63) is 66.5 Å². The maximum absolute atomic E-state index is 5.85. The van der Waals surface area contributed by atoms with Crippen molar-refractivity contribution in [2.45, 2.75) is 3.79 Å². The summed E-state index contributed by atoms with van der Waals surface area (Å²) in [6.45, 7) is 3.73. The Bertz CT molecular complexity index is 719. The molecule has 0 saturated heterocycles. The molecular formula is C16H15Cl3N4. The summed E-state index contributed by atoms with van der Waals surface area (Å²) in [6.07, 6.45) is 4.79. The van der Waals surface area contributed by atoms with Gasteiger partial charge in [0.05, 0.1) is 0 Å². The number of alkyl halides is 3. The standard InChI is InChI=1S/C16H15Cl3N4/c1-4-5-13(11-6-8-12(9-7-11)23(2)3)14-20-10-21-15(22-14)16(17,18)19/h4-10H,1H2,2-3H3. The maximum Gasteiger partial charge on any atom is 0.250 e. The molecule has 7 heteroatoms. The van der Waals surface area contributed by atoms with E-state index in [1.54, 1.807) is 6.08 Å². The number of nitrogens with zero attached hydrogens (tertiary/aromatic N) is 4. The molecule has 2 aromatic rings. The first-order chi connectivity index (χ1) is 10.8. The van der Waals surface area contributed by atoms with Crippen molar-refractivity contribution in [3.63, 3.8) is 0 Å². The van der Waals surface area contributed by atoms with Crippen LogP contribution in [0, 0.1) is 0 Å². The van der Waals surface area contributed by atoms with Crippen LogP contribution in [0.15, 0.2) is 49.3 Å². The smallest absolute Gasteiger partial charge is 0.250 e. The molecule has 0 radical (unpaired) electrons. The van der Waals surface area contributed by atoms with E-state index in [4.69, 9.17) is 34.8 Å². The van der Waals surface area contributed by atoms with Crippen molar-refractivity contribution < 1.29 is 0 Å². The summed E-state index contributed by atoms with van der Waals surface area (Å²) < 4.78 is -1.70. The average Bonchev–Trinajstić information content (AvgIpc) is 2.52. The predicted molar refractivity (Wildman–Crippen MR) is 97.1 cm³/mol. The predicted octanol–water partition coefficient (Wildman–Crippen LogP) is 4.38. The highest BCUT2D eigenvalue weighted by molar-refractivity contribution is 6.66. The molecule has 0 fully saturated rings. The van der Waals surface area contributed by atoms with E-state index in [0.717, 1.165) is 16.8 Å². The number of benzene rings is 1. The second-order valence-corrected chi connectivity index (χ2v) is 7.17. The van der Waals surface area contributed by atoms with E-state index in [9.17, 15) is 0 Å². The first-order valence-electron chi connectivity index (χ1n) is 6.70. The quantitative estimate of drug-likeness (QED) is 0.592. The number of allylic oxidation sites excluding steroid dienone is 2. The zero-order valence-electron chi connectivity index (χ0n) is 12.7. The number of rotatable bonds is 4. The van der Waals surface area contributed by atoms with Crippen LogP contribution >= 0.6 is 34.8 Å². The van der Waals surface area contributed by atoms with Crippen molar-refractivity contribution >= 4 is 46.1 Å². The Hall–Kier alpha value is -1.62. The molecule has 120 valence electrons. The van der Waals surface area contributed by atoms with Crippen LogP contribution in [0.5, 0.6) is 0 Å². The van der Waals surface area contributed by atoms with Crippen LogP contribution in [0.2, 0.25) is 0 Å². The third kappa shape index (κ3) is 4.44. The molecular weight excluding hydrogens is 355 g/mol. The van der Waals surface area contributed by atoms with Crippen molar-refractivity contribution in [3.8, 4) is 0 Å². The normalized spacial score (nSPS) is 12.1. The van der Waals surface area contributed by atoms with Crippen molar-refractivity contribution in [2.75, 3.05) is 19.0 Å². The van der Waals surface area contributed by atoms with E-state index in [2.05, 4.69) is 21.5 Å². The molecule has 1 aromatic carbocycles. The Morgan fingerprint density at radius 2 is 1.78 bits per heavy atom. The molecule has 0 unspecified atom stereocenters. The molecule has 0 bridgehead atoms. The molecule has 0 saturated carbocycles. The topological polar surface area (TPSA) is 41.9 Å². The highest BCUT2D eigenvalue weighted by atomic mass is 35.6. The molecule has 0 spiro atoms. The lowest BCUT2D eigenvalue weighted by Gasteiger charge is -2.14. The van der Waals surface area contributed by atoms with E-state index in [0.29, 0.717) is 5.82 Å². The second kappa shape index (κ2) is 7.30. The van der Waals surface area contributed by atoms with Crippen LogP contribution in [0.25, 0.3) is 5.57 Å². The molecule has 0 aliphatic heterocycles. The Labute approximate surface area is 150 Å². The Kier molecular flexibility index (Phi) is 5.63. The molecule has 4 nitrogen and oxygen atoms in total. The number of aromatic nitrogens is 3. The minimum atomic E-state index is -1.70. The van der Waals surface area contributed by atoms with Gasteiger partial charge in [-0.25, -0.2) is 15.0 Å². The van der Waals surface area contributed by atoms with E-state index in [-0.39, 0.29) is 5.82 Å². The lowest BCUT2D eigenvalue weighted by atomic mass is 10.0. The summed E-state index contributed by atoms with van der Waals surface area (Å²) in [5, 5.41) is 0. The lowest BCUT2D eigenvalue weighted by Crippen LogP contribution is -2.10. The minimum Gasteiger partial charge on any atom is -0.378 e. The zero-order valence-corrected chi connectivity index (χ0v) is 14.9. The van der Waals surface area contributed by atoms with Crippen molar-refractivity contribution in [1.82, 2.24) is 15.0 Å². The largest absolute Gasteiger partial charge is 0.378 e. The van der Waals surface area contributed by atoms with Gasteiger partial charge in [-0.2, -0.15) is 0 Å². The van der Waals surface area contributed by atoms with Crippen LogP contribution in [0.3, 0.4) is 0 Å². The highest BCUT2D eigenvalue weighted by Gasteiger charge is 2.27. The van der Waals surface area contributed by atoms with E-state index < -0.39 is 3.79 Å². The molecule has 23 heavy (non-hydrogen) atoms. The lowest BCUT2D eigenvalue weighted by molar-refractivity contribution is 0.900. The maximum atomic E-state index is 5.85. The summed E-state index contributed by atoms with van der Waals surface area (Å²) in [6, 6.07) is 7.96. The van der Waals surface area contributed by atoms with Gasteiger partial charge in [0.1, 0.15) is 6.33 Å². The van der Waals surface area contributed by atoms with Crippen LogP contribution in [0.1, 0.15) is 17.2 Å². The van der Waals surface area contributed by atoms with Crippen LogP contribution in [-0.4, -0.2) is 29.0 Å². The monoisotopic (exact) mass is 368 g/mol. The van der Waals surface area contributed by atoms with Gasteiger partial charge in [-0.3, -0.25) is 0 Å². The minimum absolute atomic E-state index is 0.0763. The number of halogens is 3. The van der Waals surface area contributed by atoms with Gasteiger partial charge in [-0.1, -0.05) is 65.7 Å². The summed E-state index contributed by atoms with van der Waals surface area (Å²) >= 11 is 17.5. The van der Waals surface area contributed by atoms with Gasteiger partial charge in [0.2, 0.25) is 3.79 Å². The SMILES string of the molecule is C=CC=C(c1ccc(N(C)C)cc1)c1ncnc(C(Cl)(Cl)Cl)n1. The molecule has 0 aliphatic rings. The van der Waals surface area contributed by atoms with E-state index in [1.165, 1.54) is 6.33 Å². The Balaban J connectivity index is 2.47. The van der Waals surface area contributed by atoms with E-state index >= 15 is 0 Å². The van der Waals surface area contributed by atoms with Gasteiger partial charge in [0, 0.05) is 25.4 Å². The van der Waals surface area contributed by atoms with Gasteiger partial charge >= 0.3 is 0 Å². The molecule has 2 rings (SSSR count). The number of hydrogen-bond acceptors (Lipinski definition) is 4. The van der Waals surface area contributed by atoms with Gasteiger partial charge in [0.25, 0.3) is 0 Å². The van der Waals surface area contributed by atoms with Crippen molar-refractivity contribution in [2.24, 2.45) is 0 Å². The molecule has 0 N–H and O–H groups in total. The van der Waals surface area contributed by atoms with Gasteiger partial charge in [0.15, 0.2) is 11.6 Å². The first-order valence-corrected chi connectivity index (χ1v) is 7.83. The molecule has 1 heterocycles. The van der Waals surface area contributed by atoms with E-state index in [1.807, 2.05) is 49.3 Å². The van der Waals surface area contributed by atoms with Crippen LogP contribution < -0.4 is 4.90 Å². The van der Waals surface area contributed by atoms with Gasteiger partial charge in [-0.15, -0.1) is 0 Å². The number of hydrogen-bond donors (Lipinski definition) is 0. The van der Waals surface area contributed by atoms with Gasteiger partial charge < -0.3 is 4.90 Å². The fourth-order valence-electron chi connectivity index (χ4n) is 1.92. The molecule has 1 aromatic heterocycles. The van der Waals surface area contributed by atoms with Crippen LogP contribution in [0.4, 0.5) is 5.69 Å². The van der Waals surface area contributed by atoms with Crippen molar-refractivity contribution in [1.29, 1.82) is 0 Å². The Morgan fingerprint density at radius 3 is 2.30 bits per heavy atom. The van der Waals surface area contributed by atoms with Crippen LogP contribution in [-0.2, 0) is 3.79 Å². The molecule has 0 amide bonds. The third-order valence-electron chi connectivity index (χ3n) is 3.05. The Morgan fingerprint density at radius 1 is 1.13 bits per heavy atom. The summed E-state index contributed by atoms with van der Waals surface area (Å²) in [5.74, 6) is 0.492. The fraction of sp³-hybridized carbons (Fsp3) is 0.188.